The minimum absolute atomic E-state index is 0.0678. The maximum Gasteiger partial charge on any atom is 0.416 e. The Morgan fingerprint density at radius 3 is 2.52 bits per heavy atom. The van der Waals surface area contributed by atoms with Crippen LogP contribution >= 0.6 is 0 Å². The number of ether oxygens (including phenoxy) is 1. The summed E-state index contributed by atoms with van der Waals surface area (Å²) in [7, 11) is 2.92. The first-order valence-electron chi connectivity index (χ1n) is 10.1. The normalized spacial score (nSPS) is 25.7. The highest BCUT2D eigenvalue weighted by Gasteiger charge is 2.36. The Morgan fingerprint density at radius 2 is 1.93 bits per heavy atom. The number of methoxy groups -OCH3 is 1. The molecule has 3 atom stereocenters. The summed E-state index contributed by atoms with van der Waals surface area (Å²) < 4.78 is 58.7. The molecule has 0 amide bonds. The summed E-state index contributed by atoms with van der Waals surface area (Å²) in [5.74, 6) is 0.110. The van der Waals surface area contributed by atoms with Crippen LogP contribution in [0.25, 0.3) is 5.70 Å². The van der Waals surface area contributed by atoms with Crippen molar-refractivity contribution in [3.8, 4) is 5.75 Å². The Bertz CT molecular complexity index is 712. The van der Waals surface area contributed by atoms with Gasteiger partial charge in [-0.15, -0.1) is 0 Å². The molecule has 0 radical (unpaired) electrons. The third-order valence-corrected chi connectivity index (χ3v) is 5.94. The van der Waals surface area contributed by atoms with Crippen LogP contribution in [-0.2, 0) is 6.18 Å². The van der Waals surface area contributed by atoms with Gasteiger partial charge >= 0.3 is 6.18 Å². The lowest BCUT2D eigenvalue weighted by Gasteiger charge is -2.39. The zero-order valence-corrected chi connectivity index (χ0v) is 16.9. The van der Waals surface area contributed by atoms with Crippen molar-refractivity contribution in [2.75, 3.05) is 32.6 Å². The summed E-state index contributed by atoms with van der Waals surface area (Å²) in [6, 6.07) is 2.32. The van der Waals surface area contributed by atoms with Crippen molar-refractivity contribution in [1.29, 1.82) is 0 Å². The molecule has 0 aromatic heterocycles. The maximum atomic E-state index is 13.7. The molecule has 0 bridgehead atoms. The first kappa shape index (κ1) is 21.7. The molecule has 0 spiro atoms. The number of hydrogen-bond acceptors (Lipinski definition) is 4. The monoisotopic (exact) mass is 415 g/mol. The fraction of sp³-hybridized carbons (Fsp3) is 0.619. The number of nitrogens with one attached hydrogen (secondary N) is 2. The summed E-state index contributed by atoms with van der Waals surface area (Å²) in [5, 5.41) is 6.26. The van der Waals surface area contributed by atoms with Gasteiger partial charge in [-0.25, -0.2) is 4.39 Å². The number of rotatable bonds is 6. The van der Waals surface area contributed by atoms with E-state index in [1.807, 2.05) is 0 Å². The minimum atomic E-state index is -4.47. The lowest BCUT2D eigenvalue weighted by Crippen LogP contribution is -2.50. The van der Waals surface area contributed by atoms with E-state index in [0.717, 1.165) is 44.4 Å². The van der Waals surface area contributed by atoms with Crippen LogP contribution in [0.2, 0.25) is 0 Å². The Balaban J connectivity index is 1.85. The lowest BCUT2D eigenvalue weighted by atomic mass is 9.88. The van der Waals surface area contributed by atoms with E-state index < -0.39 is 17.9 Å². The fourth-order valence-electron chi connectivity index (χ4n) is 4.51. The van der Waals surface area contributed by atoms with Crippen molar-refractivity contribution in [1.82, 2.24) is 10.2 Å². The first-order valence-corrected chi connectivity index (χ1v) is 10.1. The molecular formula is C21H29F4N3O. The molecule has 1 saturated carbocycles. The van der Waals surface area contributed by atoms with E-state index in [1.165, 1.54) is 7.11 Å². The van der Waals surface area contributed by atoms with E-state index in [-0.39, 0.29) is 17.8 Å². The van der Waals surface area contributed by atoms with Crippen molar-refractivity contribution in [3.63, 3.8) is 0 Å². The number of hydrogen-bond donors (Lipinski definition) is 2. The predicted octanol–water partition coefficient (Wildman–Crippen LogP) is 4.67. The molecular weight excluding hydrogens is 386 g/mol. The third-order valence-electron chi connectivity index (χ3n) is 5.94. The highest BCUT2D eigenvalue weighted by Crippen LogP contribution is 2.40. The van der Waals surface area contributed by atoms with E-state index in [9.17, 15) is 17.6 Å². The standard InChI is InChI=1S/C21H29F4N3O/c1-13(20-17(26-2)10-14(21(23,24)25)11-19(20)29-3)27-16-6-4-5-7-18(16)28-9-8-15(22)12-28/h10-11,15-16,18,26-27H,1,4-9,12H2,2-3H3. The lowest BCUT2D eigenvalue weighted by molar-refractivity contribution is -0.137. The van der Waals surface area contributed by atoms with Crippen LogP contribution in [-0.4, -0.2) is 50.4 Å². The molecule has 2 fully saturated rings. The predicted molar refractivity (Wildman–Crippen MR) is 107 cm³/mol. The van der Waals surface area contributed by atoms with Gasteiger partial charge in [0, 0.05) is 43.6 Å². The Kier molecular flexibility index (Phi) is 6.61. The van der Waals surface area contributed by atoms with Crippen LogP contribution in [0.5, 0.6) is 5.75 Å². The molecule has 3 rings (SSSR count). The second kappa shape index (κ2) is 8.81. The number of nitrogens with zero attached hydrogens (tertiary/aromatic N) is 1. The van der Waals surface area contributed by atoms with Gasteiger partial charge in [-0.2, -0.15) is 13.2 Å². The van der Waals surface area contributed by atoms with Gasteiger partial charge in [0.2, 0.25) is 0 Å². The smallest absolute Gasteiger partial charge is 0.416 e. The second-order valence-corrected chi connectivity index (χ2v) is 7.81. The van der Waals surface area contributed by atoms with Crippen molar-refractivity contribution < 1.29 is 22.3 Å². The zero-order chi connectivity index (χ0) is 21.2. The summed E-state index contributed by atoms with van der Waals surface area (Å²) in [6.07, 6.45) is -0.673. The van der Waals surface area contributed by atoms with Crippen molar-refractivity contribution in [3.05, 3.63) is 29.8 Å². The van der Waals surface area contributed by atoms with Crippen LogP contribution < -0.4 is 15.4 Å². The number of alkyl halides is 4. The zero-order valence-electron chi connectivity index (χ0n) is 16.9. The topological polar surface area (TPSA) is 36.5 Å². The van der Waals surface area contributed by atoms with Crippen LogP contribution in [0, 0.1) is 0 Å². The maximum absolute atomic E-state index is 13.7. The van der Waals surface area contributed by atoms with Crippen molar-refractivity contribution in [2.45, 2.75) is 56.5 Å². The average molecular weight is 415 g/mol. The molecule has 1 aliphatic heterocycles. The van der Waals surface area contributed by atoms with Crippen molar-refractivity contribution >= 4 is 11.4 Å². The summed E-state index contributed by atoms with van der Waals surface area (Å²) in [6.45, 7) is 5.28. The number of likely N-dealkylation sites (tertiary alicyclic amines) is 1. The number of benzene rings is 1. The third kappa shape index (κ3) is 4.79. The molecule has 3 unspecified atom stereocenters. The van der Waals surface area contributed by atoms with Crippen LogP contribution in [0.3, 0.4) is 0 Å². The highest BCUT2D eigenvalue weighted by molar-refractivity contribution is 5.79. The van der Waals surface area contributed by atoms with Gasteiger partial charge < -0.3 is 15.4 Å². The average Bonchev–Trinajstić information content (AvgIpc) is 3.12. The largest absolute Gasteiger partial charge is 0.496 e. The summed E-state index contributed by atoms with van der Waals surface area (Å²) >= 11 is 0. The molecule has 1 heterocycles. The Labute approximate surface area is 169 Å². The summed E-state index contributed by atoms with van der Waals surface area (Å²) in [5.41, 5.74) is 0.508. The van der Waals surface area contributed by atoms with Crippen LogP contribution in [0.15, 0.2) is 18.7 Å². The molecule has 1 aromatic carbocycles. The van der Waals surface area contributed by atoms with E-state index in [2.05, 4.69) is 22.1 Å². The van der Waals surface area contributed by atoms with E-state index in [4.69, 9.17) is 4.74 Å². The molecule has 2 N–H and O–H groups in total. The first-order chi connectivity index (χ1) is 13.7. The SMILES string of the molecule is C=C(NC1CCCCC1N1CCC(F)C1)c1c(NC)cc(C(F)(F)F)cc1OC. The number of anilines is 1. The molecule has 1 aliphatic carbocycles. The molecule has 1 aromatic rings. The Hall–Kier alpha value is -1.96. The van der Waals surface area contributed by atoms with E-state index in [0.29, 0.717) is 29.9 Å². The van der Waals surface area contributed by atoms with Crippen LogP contribution in [0.4, 0.5) is 23.2 Å². The van der Waals surface area contributed by atoms with Crippen LogP contribution in [0.1, 0.15) is 43.2 Å². The minimum Gasteiger partial charge on any atom is -0.496 e. The second-order valence-electron chi connectivity index (χ2n) is 7.81. The van der Waals surface area contributed by atoms with E-state index >= 15 is 0 Å². The van der Waals surface area contributed by atoms with Gasteiger partial charge in [0.15, 0.2) is 0 Å². The van der Waals surface area contributed by atoms with Gasteiger partial charge in [0.25, 0.3) is 0 Å². The molecule has 2 aliphatic rings. The molecule has 29 heavy (non-hydrogen) atoms. The fourth-order valence-corrected chi connectivity index (χ4v) is 4.51. The summed E-state index contributed by atoms with van der Waals surface area (Å²) in [4.78, 5) is 2.19. The van der Waals surface area contributed by atoms with Gasteiger partial charge in [-0.3, -0.25) is 4.90 Å². The van der Waals surface area contributed by atoms with Gasteiger partial charge in [0.1, 0.15) is 11.9 Å². The molecule has 162 valence electrons. The van der Waals surface area contributed by atoms with Gasteiger partial charge in [-0.1, -0.05) is 19.4 Å². The Morgan fingerprint density at radius 1 is 1.21 bits per heavy atom. The molecule has 4 nitrogen and oxygen atoms in total. The molecule has 1 saturated heterocycles. The quantitative estimate of drug-likeness (QED) is 0.662. The van der Waals surface area contributed by atoms with Gasteiger partial charge in [0.05, 0.1) is 18.2 Å². The van der Waals surface area contributed by atoms with Gasteiger partial charge in [-0.05, 0) is 31.4 Å². The van der Waals surface area contributed by atoms with E-state index in [1.54, 1.807) is 7.05 Å². The highest BCUT2D eigenvalue weighted by atomic mass is 19.4. The molecule has 8 heteroatoms. The van der Waals surface area contributed by atoms with Crippen molar-refractivity contribution in [2.24, 2.45) is 0 Å². The number of halogens is 4.